The summed E-state index contributed by atoms with van der Waals surface area (Å²) in [5, 5.41) is 0.0282. The third-order valence-corrected chi connectivity index (χ3v) is 4.09. The molecule has 1 aromatic heterocycles. The van der Waals surface area contributed by atoms with Crippen molar-refractivity contribution >= 4 is 28.2 Å². The van der Waals surface area contributed by atoms with E-state index in [9.17, 15) is 22.8 Å². The van der Waals surface area contributed by atoms with E-state index in [2.05, 4.69) is 9.72 Å². The van der Waals surface area contributed by atoms with Gasteiger partial charge < -0.3 is 9.64 Å². The molecule has 0 N–H and O–H groups in total. The van der Waals surface area contributed by atoms with Crippen molar-refractivity contribution in [1.82, 2.24) is 4.98 Å². The lowest BCUT2D eigenvalue weighted by Gasteiger charge is -2.22. The van der Waals surface area contributed by atoms with Crippen LogP contribution in [0.3, 0.4) is 0 Å². The molecule has 116 valence electrons. The number of carbonyl (C=O) groups is 2. The van der Waals surface area contributed by atoms with Gasteiger partial charge in [0, 0.05) is 13.0 Å². The second-order valence-electron chi connectivity index (χ2n) is 4.70. The number of hydrogen-bond donors (Lipinski definition) is 0. The van der Waals surface area contributed by atoms with E-state index in [1.54, 1.807) is 0 Å². The van der Waals surface area contributed by atoms with Crippen molar-refractivity contribution in [3.05, 3.63) is 10.6 Å². The van der Waals surface area contributed by atoms with Crippen molar-refractivity contribution < 1.29 is 27.5 Å². The second kappa shape index (κ2) is 5.63. The van der Waals surface area contributed by atoms with E-state index >= 15 is 0 Å². The molecule has 0 spiro atoms. The normalized spacial score (nSPS) is 14.9. The molecule has 5 nitrogen and oxygen atoms in total. The molecule has 1 heterocycles. The largest absolute Gasteiger partial charge is 0.464 e. The van der Waals surface area contributed by atoms with Crippen molar-refractivity contribution in [3.8, 4) is 0 Å². The number of nitrogens with zero attached hydrogens (tertiary/aromatic N) is 2. The number of ether oxygens (including phenoxy) is 1. The molecule has 1 aliphatic rings. The van der Waals surface area contributed by atoms with Crippen LogP contribution in [-0.4, -0.2) is 42.6 Å². The minimum Gasteiger partial charge on any atom is -0.464 e. The minimum atomic E-state index is -4.38. The van der Waals surface area contributed by atoms with E-state index in [1.165, 1.54) is 6.92 Å². The average molecular weight is 322 g/mol. The van der Waals surface area contributed by atoms with Gasteiger partial charge in [0.15, 0.2) is 16.6 Å². The van der Waals surface area contributed by atoms with E-state index < -0.39 is 24.5 Å². The fourth-order valence-corrected chi connectivity index (χ4v) is 2.86. The standard InChI is InChI=1S/C12H13F3N2O3S/c1-6(18)9-8(10(19)20-2)16-11(21-9)17(7-3-4-7)5-12(13,14)15/h7H,3-5H2,1-2H3. The van der Waals surface area contributed by atoms with Gasteiger partial charge in [-0.3, -0.25) is 4.79 Å². The van der Waals surface area contributed by atoms with Gasteiger partial charge in [-0.2, -0.15) is 13.2 Å². The first-order valence-corrected chi connectivity index (χ1v) is 6.98. The predicted molar refractivity (Wildman–Crippen MR) is 69.9 cm³/mol. The van der Waals surface area contributed by atoms with Crippen molar-refractivity contribution in [3.63, 3.8) is 0 Å². The molecule has 1 aromatic rings. The molecule has 0 unspecified atom stereocenters. The van der Waals surface area contributed by atoms with Gasteiger partial charge >= 0.3 is 12.1 Å². The lowest BCUT2D eigenvalue weighted by Crippen LogP contribution is -2.35. The summed E-state index contributed by atoms with van der Waals surface area (Å²) in [4.78, 5) is 28.1. The SMILES string of the molecule is COC(=O)c1nc(N(CC(F)(F)F)C2CC2)sc1C(C)=O. The first-order valence-electron chi connectivity index (χ1n) is 6.16. The van der Waals surface area contributed by atoms with E-state index in [0.29, 0.717) is 12.8 Å². The van der Waals surface area contributed by atoms with Gasteiger partial charge in [-0.1, -0.05) is 11.3 Å². The van der Waals surface area contributed by atoms with Gasteiger partial charge in [0.2, 0.25) is 0 Å². The van der Waals surface area contributed by atoms with Crippen LogP contribution in [0, 0.1) is 0 Å². The van der Waals surface area contributed by atoms with Gasteiger partial charge in [0.1, 0.15) is 11.4 Å². The van der Waals surface area contributed by atoms with Gasteiger partial charge in [-0.25, -0.2) is 9.78 Å². The Kier molecular flexibility index (Phi) is 4.22. The highest BCUT2D eigenvalue weighted by Gasteiger charge is 2.40. The Bertz CT molecular complexity index is 567. The Morgan fingerprint density at radius 1 is 1.43 bits per heavy atom. The number of alkyl halides is 3. The van der Waals surface area contributed by atoms with Crippen LogP contribution in [0.4, 0.5) is 18.3 Å². The van der Waals surface area contributed by atoms with Crippen LogP contribution in [0.1, 0.15) is 39.9 Å². The molecular weight excluding hydrogens is 309 g/mol. The number of carbonyl (C=O) groups excluding carboxylic acids is 2. The van der Waals surface area contributed by atoms with E-state index in [0.717, 1.165) is 23.3 Å². The zero-order valence-electron chi connectivity index (χ0n) is 11.4. The summed E-state index contributed by atoms with van der Waals surface area (Å²) in [6.07, 6.45) is -3.10. The van der Waals surface area contributed by atoms with Crippen LogP contribution in [0.25, 0.3) is 0 Å². The second-order valence-corrected chi connectivity index (χ2v) is 5.67. The highest BCUT2D eigenvalue weighted by atomic mass is 32.1. The third kappa shape index (κ3) is 3.72. The molecular formula is C12H13F3N2O3S. The highest BCUT2D eigenvalue weighted by Crippen LogP contribution is 2.37. The molecule has 0 saturated heterocycles. The first kappa shape index (κ1) is 15.7. The third-order valence-electron chi connectivity index (χ3n) is 2.90. The lowest BCUT2D eigenvalue weighted by atomic mass is 10.3. The van der Waals surface area contributed by atoms with E-state index in [1.807, 2.05) is 0 Å². The molecule has 9 heteroatoms. The Hall–Kier alpha value is -1.64. The molecule has 0 amide bonds. The molecule has 21 heavy (non-hydrogen) atoms. The van der Waals surface area contributed by atoms with Crippen molar-refractivity contribution in [2.75, 3.05) is 18.6 Å². The number of Topliss-reactive ketones (excluding diaryl/α,β-unsaturated/α-hetero) is 1. The molecule has 0 radical (unpaired) electrons. The highest BCUT2D eigenvalue weighted by molar-refractivity contribution is 7.17. The quantitative estimate of drug-likeness (QED) is 0.616. The number of aromatic nitrogens is 1. The van der Waals surface area contributed by atoms with Crippen LogP contribution < -0.4 is 4.90 Å². The zero-order chi connectivity index (χ0) is 15.8. The molecule has 0 atom stereocenters. The Morgan fingerprint density at radius 3 is 2.48 bits per heavy atom. The number of rotatable bonds is 5. The summed E-state index contributed by atoms with van der Waals surface area (Å²) in [6, 6.07) is -0.247. The smallest absolute Gasteiger partial charge is 0.406 e. The van der Waals surface area contributed by atoms with Crippen LogP contribution >= 0.6 is 11.3 Å². The summed E-state index contributed by atoms with van der Waals surface area (Å²) in [7, 11) is 1.12. The summed E-state index contributed by atoms with van der Waals surface area (Å²) >= 11 is 0.793. The number of esters is 1. The number of halogens is 3. The number of ketones is 1. The molecule has 0 aromatic carbocycles. The average Bonchev–Trinajstić information content (AvgIpc) is 3.11. The maximum Gasteiger partial charge on any atom is 0.406 e. The maximum atomic E-state index is 12.6. The minimum absolute atomic E-state index is 0.0182. The van der Waals surface area contributed by atoms with Crippen LogP contribution in [0.5, 0.6) is 0 Å². The fourth-order valence-electron chi connectivity index (χ4n) is 1.84. The fraction of sp³-hybridized carbons (Fsp3) is 0.583. The van der Waals surface area contributed by atoms with Gasteiger partial charge in [-0.15, -0.1) is 0 Å². The first-order chi connectivity index (χ1) is 9.73. The van der Waals surface area contributed by atoms with Crippen molar-refractivity contribution in [2.24, 2.45) is 0 Å². The zero-order valence-corrected chi connectivity index (χ0v) is 12.2. The van der Waals surface area contributed by atoms with Crippen molar-refractivity contribution in [1.29, 1.82) is 0 Å². The number of thiazole rings is 1. The van der Waals surface area contributed by atoms with Gasteiger partial charge in [-0.05, 0) is 12.8 Å². The summed E-state index contributed by atoms with van der Waals surface area (Å²) in [5.74, 6) is -1.26. The molecule has 1 fully saturated rings. The number of methoxy groups -OCH3 is 1. The Labute approximate surface area is 122 Å². The van der Waals surface area contributed by atoms with E-state index in [-0.39, 0.29) is 21.7 Å². The molecule has 1 saturated carbocycles. The van der Waals surface area contributed by atoms with Crippen LogP contribution in [-0.2, 0) is 4.74 Å². The lowest BCUT2D eigenvalue weighted by molar-refractivity contribution is -0.120. The summed E-state index contributed by atoms with van der Waals surface area (Å²) < 4.78 is 42.4. The molecule has 0 aliphatic heterocycles. The predicted octanol–water partition coefficient (Wildman–Crippen LogP) is 2.66. The molecule has 1 aliphatic carbocycles. The number of hydrogen-bond acceptors (Lipinski definition) is 6. The summed E-state index contributed by atoms with van der Waals surface area (Å²) in [5.41, 5.74) is -0.224. The van der Waals surface area contributed by atoms with Gasteiger partial charge in [0.05, 0.1) is 7.11 Å². The topological polar surface area (TPSA) is 59.5 Å². The van der Waals surface area contributed by atoms with E-state index in [4.69, 9.17) is 0 Å². The molecule has 0 bridgehead atoms. The maximum absolute atomic E-state index is 12.6. The Balaban J connectivity index is 2.37. The van der Waals surface area contributed by atoms with Crippen LogP contribution in [0.2, 0.25) is 0 Å². The van der Waals surface area contributed by atoms with Crippen molar-refractivity contribution in [2.45, 2.75) is 32.0 Å². The summed E-state index contributed by atoms with van der Waals surface area (Å²) in [6.45, 7) is 0.0814. The monoisotopic (exact) mass is 322 g/mol. The van der Waals surface area contributed by atoms with Crippen LogP contribution in [0.15, 0.2) is 0 Å². The van der Waals surface area contributed by atoms with Gasteiger partial charge in [0.25, 0.3) is 0 Å². The molecule has 2 rings (SSSR count). The number of anilines is 1. The Morgan fingerprint density at radius 2 is 2.05 bits per heavy atom.